The molecule has 0 aliphatic heterocycles. The van der Waals surface area contributed by atoms with E-state index in [-0.39, 0.29) is 0 Å². The number of benzene rings is 2. The summed E-state index contributed by atoms with van der Waals surface area (Å²) in [5.74, 6) is 0.526. The van der Waals surface area contributed by atoms with Crippen molar-refractivity contribution in [1.29, 1.82) is 0 Å². The minimum absolute atomic E-state index is 0.526. The van der Waals surface area contributed by atoms with Crippen LogP contribution in [0, 0.1) is 3.57 Å². The highest BCUT2D eigenvalue weighted by Crippen LogP contribution is 2.31. The fraction of sp³-hybridized carbons (Fsp3) is 0. The number of rotatable bonds is 0. The van der Waals surface area contributed by atoms with E-state index in [1.54, 1.807) is 0 Å². The predicted octanol–water partition coefficient (Wildman–Crippen LogP) is 3.77. The summed E-state index contributed by atoms with van der Waals surface area (Å²) < 4.78 is 3.01. The van der Waals surface area contributed by atoms with Crippen LogP contribution in [0.4, 0.5) is 5.82 Å². The average molecular weight is 411 g/mol. The lowest BCUT2D eigenvalue weighted by Gasteiger charge is -2.06. The predicted molar refractivity (Wildman–Crippen MR) is 100 cm³/mol. The first kappa shape index (κ1) is 13.0. The van der Waals surface area contributed by atoms with Gasteiger partial charge in [-0.05, 0) is 46.9 Å². The molecule has 0 unspecified atom stereocenters. The number of hydrogen-bond acceptors (Lipinski definition) is 4. The normalized spacial score (nSPS) is 11.9. The van der Waals surface area contributed by atoms with Crippen LogP contribution < -0.4 is 5.73 Å². The summed E-state index contributed by atoms with van der Waals surface area (Å²) in [6, 6.07) is 15.9. The summed E-state index contributed by atoms with van der Waals surface area (Å²) in [4.78, 5) is 14.2. The molecule has 0 spiro atoms. The van der Waals surface area contributed by atoms with Crippen molar-refractivity contribution in [3.8, 4) is 0 Å². The van der Waals surface area contributed by atoms with Gasteiger partial charge in [-0.2, -0.15) is 0 Å². The summed E-state index contributed by atoms with van der Waals surface area (Å²) in [5, 5.41) is 0.920. The first-order valence-electron chi connectivity index (χ1n) is 7.14. The zero-order valence-corrected chi connectivity index (χ0v) is 14.0. The molecule has 0 bridgehead atoms. The smallest absolute Gasteiger partial charge is 0.166 e. The van der Waals surface area contributed by atoms with Crippen molar-refractivity contribution in [2.45, 2.75) is 0 Å². The van der Waals surface area contributed by atoms with Gasteiger partial charge in [-0.3, -0.25) is 4.40 Å². The van der Waals surface area contributed by atoms with Crippen molar-refractivity contribution in [2.24, 2.45) is 0 Å². The van der Waals surface area contributed by atoms with Gasteiger partial charge < -0.3 is 5.73 Å². The van der Waals surface area contributed by atoms with Crippen LogP contribution >= 0.6 is 22.6 Å². The van der Waals surface area contributed by atoms with Crippen LogP contribution in [0.5, 0.6) is 0 Å². The number of halogens is 1. The quantitative estimate of drug-likeness (QED) is 0.394. The molecule has 2 N–H and O–H groups in total. The van der Waals surface area contributed by atoms with E-state index in [0.717, 1.165) is 42.3 Å². The molecule has 0 saturated carbocycles. The molecule has 110 valence electrons. The second-order valence-corrected chi connectivity index (χ2v) is 6.45. The highest BCUT2D eigenvalue weighted by molar-refractivity contribution is 14.1. The number of anilines is 1. The molecule has 0 amide bonds. The van der Waals surface area contributed by atoms with Crippen LogP contribution in [-0.4, -0.2) is 19.4 Å². The van der Waals surface area contributed by atoms with Gasteiger partial charge in [0, 0.05) is 5.39 Å². The minimum atomic E-state index is 0.526. The molecule has 5 rings (SSSR count). The van der Waals surface area contributed by atoms with E-state index in [0.29, 0.717) is 5.82 Å². The Morgan fingerprint density at radius 3 is 2.35 bits per heavy atom. The number of nitrogen functional groups attached to an aromatic ring is 1. The lowest BCUT2D eigenvalue weighted by atomic mass is 10.2. The summed E-state index contributed by atoms with van der Waals surface area (Å²) in [7, 11) is 0. The maximum atomic E-state index is 6.14. The van der Waals surface area contributed by atoms with E-state index in [9.17, 15) is 0 Å². The van der Waals surface area contributed by atoms with Gasteiger partial charge >= 0.3 is 0 Å². The first-order valence-corrected chi connectivity index (χ1v) is 8.22. The van der Waals surface area contributed by atoms with Crippen molar-refractivity contribution < 1.29 is 0 Å². The van der Waals surface area contributed by atoms with Gasteiger partial charge in [0.1, 0.15) is 11.3 Å². The Labute approximate surface area is 144 Å². The van der Waals surface area contributed by atoms with E-state index in [2.05, 4.69) is 27.6 Å². The summed E-state index contributed by atoms with van der Waals surface area (Å²) in [5.41, 5.74) is 11.4. The number of nitrogens with two attached hydrogens (primary N) is 1. The first-order chi connectivity index (χ1) is 11.2. The van der Waals surface area contributed by atoms with Gasteiger partial charge in [0.15, 0.2) is 11.3 Å². The number of hydrogen-bond donors (Lipinski definition) is 1. The molecule has 23 heavy (non-hydrogen) atoms. The molecule has 0 aliphatic carbocycles. The highest BCUT2D eigenvalue weighted by Gasteiger charge is 2.17. The number of aromatic nitrogens is 4. The largest absolute Gasteiger partial charge is 0.383 e. The Balaban J connectivity index is 2.13. The SMILES string of the molecule is Nc1nc2c(I)c3nc4ccccc4nc3n2c2ccccc12. The molecule has 0 atom stereocenters. The van der Waals surface area contributed by atoms with Crippen molar-refractivity contribution in [3.63, 3.8) is 0 Å². The number of fused-ring (bicyclic) bond motifs is 6. The van der Waals surface area contributed by atoms with Crippen molar-refractivity contribution in [1.82, 2.24) is 19.4 Å². The Morgan fingerprint density at radius 1 is 0.826 bits per heavy atom. The molecule has 0 saturated heterocycles. The molecule has 3 heterocycles. The molecule has 5 aromatic rings. The molecule has 5 nitrogen and oxygen atoms in total. The van der Waals surface area contributed by atoms with E-state index < -0.39 is 0 Å². The highest BCUT2D eigenvalue weighted by atomic mass is 127. The molecule has 3 aromatic heterocycles. The molecular formula is C17H10IN5. The van der Waals surface area contributed by atoms with Gasteiger partial charge in [-0.25, -0.2) is 15.0 Å². The Morgan fingerprint density at radius 2 is 1.52 bits per heavy atom. The maximum absolute atomic E-state index is 6.14. The van der Waals surface area contributed by atoms with Gasteiger partial charge in [-0.15, -0.1) is 0 Å². The molecule has 6 heteroatoms. The second kappa shape index (κ2) is 4.51. The number of nitrogens with zero attached hydrogens (tertiary/aromatic N) is 4. The Hall–Kier alpha value is -2.48. The van der Waals surface area contributed by atoms with Gasteiger partial charge in [0.05, 0.1) is 20.1 Å². The lowest BCUT2D eigenvalue weighted by Crippen LogP contribution is -1.99. The molecule has 2 aromatic carbocycles. The standard InChI is InChI=1S/C17H10IN5/c18-13-14-17(21-11-7-3-2-6-10(11)20-14)23-12-8-4-1-5-9(12)15(19)22-16(13)23/h1-8H,(H2,19,22). The third kappa shape index (κ3) is 1.69. The van der Waals surface area contributed by atoms with Crippen molar-refractivity contribution in [2.75, 3.05) is 5.73 Å². The van der Waals surface area contributed by atoms with E-state index in [1.165, 1.54) is 0 Å². The average Bonchev–Trinajstić information content (AvgIpc) is 2.85. The summed E-state index contributed by atoms with van der Waals surface area (Å²) in [6.45, 7) is 0. The fourth-order valence-corrected chi connectivity index (χ4v) is 3.71. The van der Waals surface area contributed by atoms with E-state index in [4.69, 9.17) is 15.7 Å². The topological polar surface area (TPSA) is 69.1 Å². The van der Waals surface area contributed by atoms with Crippen molar-refractivity contribution in [3.05, 3.63) is 52.1 Å². The van der Waals surface area contributed by atoms with Crippen LogP contribution in [-0.2, 0) is 0 Å². The van der Waals surface area contributed by atoms with Crippen LogP contribution in [0.2, 0.25) is 0 Å². The second-order valence-electron chi connectivity index (χ2n) is 5.37. The monoisotopic (exact) mass is 411 g/mol. The Kier molecular flexibility index (Phi) is 2.55. The Bertz CT molecular complexity index is 1240. The molecular weight excluding hydrogens is 401 g/mol. The lowest BCUT2D eigenvalue weighted by molar-refractivity contribution is 1.20. The van der Waals surface area contributed by atoms with Crippen LogP contribution in [0.25, 0.3) is 38.7 Å². The van der Waals surface area contributed by atoms with Gasteiger partial charge in [0.25, 0.3) is 0 Å². The minimum Gasteiger partial charge on any atom is -0.383 e. The molecule has 0 aliphatic rings. The molecule has 0 radical (unpaired) electrons. The fourth-order valence-electron chi connectivity index (χ4n) is 2.99. The van der Waals surface area contributed by atoms with Crippen molar-refractivity contribution >= 4 is 67.2 Å². The van der Waals surface area contributed by atoms with Gasteiger partial charge in [0.2, 0.25) is 0 Å². The summed E-state index contributed by atoms with van der Waals surface area (Å²) in [6.07, 6.45) is 0. The van der Waals surface area contributed by atoms with Crippen LogP contribution in [0.3, 0.4) is 0 Å². The summed E-state index contributed by atoms with van der Waals surface area (Å²) >= 11 is 2.27. The third-order valence-electron chi connectivity index (χ3n) is 4.03. The number of para-hydroxylation sites is 3. The maximum Gasteiger partial charge on any atom is 0.166 e. The van der Waals surface area contributed by atoms with Crippen LogP contribution in [0.15, 0.2) is 48.5 Å². The zero-order chi connectivity index (χ0) is 15.6. The molecule has 0 fully saturated rings. The van der Waals surface area contributed by atoms with Gasteiger partial charge in [-0.1, -0.05) is 24.3 Å². The van der Waals surface area contributed by atoms with Crippen LogP contribution in [0.1, 0.15) is 0 Å². The third-order valence-corrected chi connectivity index (χ3v) is 5.02. The van der Waals surface area contributed by atoms with E-state index in [1.807, 2.05) is 52.9 Å². The zero-order valence-electron chi connectivity index (χ0n) is 11.9. The van der Waals surface area contributed by atoms with E-state index >= 15 is 0 Å².